The summed E-state index contributed by atoms with van der Waals surface area (Å²) in [6, 6.07) is 32.7. The fourth-order valence-electron chi connectivity index (χ4n) is 7.58. The number of benzene rings is 4. The monoisotopic (exact) mass is 671 g/mol. The highest BCUT2D eigenvalue weighted by Crippen LogP contribution is 2.41. The van der Waals surface area contributed by atoms with Crippen molar-refractivity contribution in [2.45, 2.75) is 97.3 Å². The van der Waals surface area contributed by atoms with E-state index < -0.39 is 0 Å². The van der Waals surface area contributed by atoms with Crippen LogP contribution in [0.15, 0.2) is 97.1 Å². The van der Waals surface area contributed by atoms with Gasteiger partial charge < -0.3 is 20.4 Å². The van der Waals surface area contributed by atoms with Crippen molar-refractivity contribution in [3.05, 3.63) is 108 Å². The number of nitrogens with zero attached hydrogens (tertiary/aromatic N) is 3. The molecular weight excluding hydrogens is 622 g/mol. The van der Waals surface area contributed by atoms with Gasteiger partial charge in [0.05, 0.1) is 12.1 Å². The second kappa shape index (κ2) is 15.2. The summed E-state index contributed by atoms with van der Waals surface area (Å²) < 4.78 is 0. The second-order valence-electron chi connectivity index (χ2n) is 13.5. The number of amides is 3. The van der Waals surface area contributed by atoms with E-state index >= 15 is 0 Å². The molecule has 4 aromatic rings. The average molecular weight is 672 g/mol. The lowest BCUT2D eigenvalue weighted by molar-refractivity contribution is -0.119. The molecule has 3 amide bonds. The van der Waals surface area contributed by atoms with E-state index in [1.165, 1.54) is 0 Å². The lowest BCUT2D eigenvalue weighted by Gasteiger charge is -2.40. The molecule has 0 aromatic heterocycles. The largest absolute Gasteiger partial charge is 0.378 e. The van der Waals surface area contributed by atoms with Crippen molar-refractivity contribution in [3.8, 4) is 0 Å². The molecule has 8 heteroatoms. The van der Waals surface area contributed by atoms with Crippen molar-refractivity contribution in [1.82, 2.24) is 0 Å². The number of anilines is 6. The SMILES string of the molecule is CCCC(=O)N(c1ccc(N[C@@H]2C[C@H](C)N(C(=O)CC)c3ccccc32)cc1)c1ccc(N[C@@H]2C[C@H](C)N(C(=O)CC)c3ccccc32)cc1. The third-order valence-corrected chi connectivity index (χ3v) is 9.97. The standard InChI is InChI=1S/C42H49N5O3/c1-6-13-42(50)47(32-22-18-30(19-23-32)43-36-26-28(4)45(40(48)7-2)38-16-11-9-14-34(36)38)33-24-20-31(21-25-33)44-37-27-29(5)46(41(49)8-3)39-17-12-10-15-35(37)39/h9-12,14-25,28-29,36-37,43-44H,6-8,13,26-27H2,1-5H3/t28-,29-,36+,37+/m0/s1. The summed E-state index contributed by atoms with van der Waals surface area (Å²) in [5, 5.41) is 7.40. The minimum absolute atomic E-state index is 0.0420. The van der Waals surface area contributed by atoms with Gasteiger partial charge in [-0.15, -0.1) is 0 Å². The molecule has 2 aliphatic rings. The molecule has 2 N–H and O–H groups in total. The van der Waals surface area contributed by atoms with Gasteiger partial charge in [0.2, 0.25) is 17.7 Å². The lowest BCUT2D eigenvalue weighted by Crippen LogP contribution is -2.44. The highest BCUT2D eigenvalue weighted by molar-refractivity contribution is 6.01. The van der Waals surface area contributed by atoms with E-state index in [1.807, 2.05) is 116 Å². The first-order chi connectivity index (χ1) is 24.2. The Kier molecular flexibility index (Phi) is 10.6. The quantitative estimate of drug-likeness (QED) is 0.175. The first-order valence-electron chi connectivity index (χ1n) is 18.1. The van der Waals surface area contributed by atoms with Gasteiger partial charge in [0.15, 0.2) is 0 Å². The number of carbonyl (C=O) groups is 3. The van der Waals surface area contributed by atoms with E-state index in [1.54, 1.807) is 4.90 Å². The van der Waals surface area contributed by atoms with Gasteiger partial charge in [-0.2, -0.15) is 0 Å². The Morgan fingerprint density at radius 1 is 0.620 bits per heavy atom. The number of rotatable bonds is 10. The molecule has 0 radical (unpaired) electrons. The maximum Gasteiger partial charge on any atom is 0.231 e. The maximum atomic E-state index is 13.5. The number of para-hydroxylation sites is 2. The van der Waals surface area contributed by atoms with E-state index in [4.69, 9.17) is 0 Å². The van der Waals surface area contributed by atoms with Gasteiger partial charge in [-0.1, -0.05) is 57.2 Å². The first-order valence-corrected chi connectivity index (χ1v) is 18.1. The molecule has 4 aromatic carbocycles. The third kappa shape index (κ3) is 6.97. The Morgan fingerprint density at radius 3 is 1.40 bits per heavy atom. The van der Waals surface area contributed by atoms with Crippen LogP contribution in [0.25, 0.3) is 0 Å². The average Bonchev–Trinajstić information content (AvgIpc) is 3.13. The summed E-state index contributed by atoms with van der Waals surface area (Å²) in [5.74, 6) is 0.317. The van der Waals surface area contributed by atoms with Gasteiger partial charge in [0.1, 0.15) is 0 Å². The zero-order valence-electron chi connectivity index (χ0n) is 29.9. The van der Waals surface area contributed by atoms with Crippen LogP contribution in [0.4, 0.5) is 34.1 Å². The predicted molar refractivity (Wildman–Crippen MR) is 204 cm³/mol. The Hall–Kier alpha value is -5.11. The number of carbonyl (C=O) groups excluding carboxylic acids is 3. The van der Waals surface area contributed by atoms with Crippen molar-refractivity contribution in [3.63, 3.8) is 0 Å². The lowest BCUT2D eigenvalue weighted by atomic mass is 9.91. The van der Waals surface area contributed by atoms with Crippen molar-refractivity contribution in [2.24, 2.45) is 0 Å². The molecule has 0 aliphatic carbocycles. The minimum atomic E-state index is 0.0420. The normalized spacial score (nSPS) is 19.6. The van der Waals surface area contributed by atoms with Crippen LogP contribution in [0.2, 0.25) is 0 Å². The first kappa shape index (κ1) is 34.7. The van der Waals surface area contributed by atoms with Gasteiger partial charge in [-0.25, -0.2) is 0 Å². The Morgan fingerprint density at radius 2 is 1.02 bits per heavy atom. The van der Waals surface area contributed by atoms with Crippen LogP contribution in [0.5, 0.6) is 0 Å². The van der Waals surface area contributed by atoms with Crippen LogP contribution in [0.1, 0.15) is 96.4 Å². The third-order valence-electron chi connectivity index (χ3n) is 9.97. The van der Waals surface area contributed by atoms with Gasteiger partial charge in [-0.05, 0) is 105 Å². The topological polar surface area (TPSA) is 85.0 Å². The molecule has 0 spiro atoms. The second-order valence-corrected chi connectivity index (χ2v) is 13.5. The molecule has 0 saturated carbocycles. The number of fused-ring (bicyclic) bond motifs is 2. The Labute approximate surface area is 296 Å². The van der Waals surface area contributed by atoms with Crippen LogP contribution in [0, 0.1) is 0 Å². The maximum absolute atomic E-state index is 13.5. The number of hydrogen-bond donors (Lipinski definition) is 2. The van der Waals surface area contributed by atoms with Crippen LogP contribution < -0.4 is 25.3 Å². The Bertz CT molecular complexity index is 1700. The molecule has 4 atom stereocenters. The molecular formula is C42H49N5O3. The highest BCUT2D eigenvalue weighted by Gasteiger charge is 2.34. The molecule has 0 fully saturated rings. The fourth-order valence-corrected chi connectivity index (χ4v) is 7.58. The summed E-state index contributed by atoms with van der Waals surface area (Å²) in [7, 11) is 0. The van der Waals surface area contributed by atoms with Gasteiger partial charge >= 0.3 is 0 Å². The van der Waals surface area contributed by atoms with Gasteiger partial charge in [0, 0.05) is 65.5 Å². The van der Waals surface area contributed by atoms with Gasteiger partial charge in [-0.3, -0.25) is 19.3 Å². The number of hydrogen-bond acceptors (Lipinski definition) is 5. The van der Waals surface area contributed by atoms with Crippen LogP contribution in [0.3, 0.4) is 0 Å². The molecule has 50 heavy (non-hydrogen) atoms. The van der Waals surface area contributed by atoms with Crippen molar-refractivity contribution in [2.75, 3.05) is 25.3 Å². The Balaban J connectivity index is 1.20. The molecule has 0 bridgehead atoms. The van der Waals surface area contributed by atoms with Crippen molar-refractivity contribution >= 4 is 51.8 Å². The molecule has 0 saturated heterocycles. The van der Waals surface area contributed by atoms with Crippen LogP contribution >= 0.6 is 0 Å². The summed E-state index contributed by atoms with van der Waals surface area (Å²) in [5.41, 5.74) is 7.70. The van der Waals surface area contributed by atoms with E-state index in [0.717, 1.165) is 64.5 Å². The van der Waals surface area contributed by atoms with E-state index in [9.17, 15) is 14.4 Å². The van der Waals surface area contributed by atoms with Crippen molar-refractivity contribution < 1.29 is 14.4 Å². The molecule has 6 rings (SSSR count). The summed E-state index contributed by atoms with van der Waals surface area (Å²) >= 11 is 0. The van der Waals surface area contributed by atoms with Crippen molar-refractivity contribution in [1.29, 1.82) is 0 Å². The molecule has 260 valence electrons. The summed E-state index contributed by atoms with van der Waals surface area (Å²) in [6.45, 7) is 10.1. The fraction of sp³-hybridized carbons (Fsp3) is 0.357. The highest BCUT2D eigenvalue weighted by atomic mass is 16.2. The zero-order valence-corrected chi connectivity index (χ0v) is 29.9. The van der Waals surface area contributed by atoms with E-state index in [-0.39, 0.29) is 41.9 Å². The molecule has 2 heterocycles. The predicted octanol–water partition coefficient (Wildman–Crippen LogP) is 9.53. The van der Waals surface area contributed by atoms with E-state index in [0.29, 0.717) is 19.3 Å². The summed E-state index contributed by atoms with van der Waals surface area (Å²) in [6.07, 6.45) is 3.73. The number of nitrogens with one attached hydrogen (secondary N) is 2. The van der Waals surface area contributed by atoms with Crippen LogP contribution in [-0.2, 0) is 14.4 Å². The molecule has 0 unspecified atom stereocenters. The smallest absolute Gasteiger partial charge is 0.231 e. The zero-order chi connectivity index (χ0) is 35.4. The minimum Gasteiger partial charge on any atom is -0.378 e. The van der Waals surface area contributed by atoms with E-state index in [2.05, 4.69) is 36.6 Å². The molecule has 8 nitrogen and oxygen atoms in total. The summed E-state index contributed by atoms with van der Waals surface area (Å²) in [4.78, 5) is 44.8. The molecule has 2 aliphatic heterocycles. The van der Waals surface area contributed by atoms with Crippen LogP contribution in [-0.4, -0.2) is 29.8 Å². The van der Waals surface area contributed by atoms with Gasteiger partial charge in [0.25, 0.3) is 0 Å².